The molecule has 0 aromatic heterocycles. The van der Waals surface area contributed by atoms with Crippen LogP contribution in [0.2, 0.25) is 0 Å². The molecule has 0 fully saturated rings. The molecule has 2 rings (SSSR count). The van der Waals surface area contributed by atoms with Gasteiger partial charge in [-0.15, -0.1) is 0 Å². The second-order valence-electron chi connectivity index (χ2n) is 4.63. The van der Waals surface area contributed by atoms with Gasteiger partial charge in [-0.3, -0.25) is 0 Å². The zero-order chi connectivity index (χ0) is 12.3. The van der Waals surface area contributed by atoms with Gasteiger partial charge in [-0.1, -0.05) is 72.1 Å². The molecule has 2 aromatic carbocycles. The van der Waals surface area contributed by atoms with Crippen molar-refractivity contribution in [3.63, 3.8) is 0 Å². The Kier molecular flexibility index (Phi) is 4.22. The van der Waals surface area contributed by atoms with Crippen LogP contribution in [0.25, 0.3) is 10.8 Å². The maximum Gasteiger partial charge on any atom is 0.0404 e. The normalized spacial score (nSPS) is 12.9. The summed E-state index contributed by atoms with van der Waals surface area (Å²) in [6, 6.07) is 13.1. The van der Waals surface area contributed by atoms with E-state index in [0.717, 1.165) is 0 Å². The van der Waals surface area contributed by atoms with E-state index in [1.165, 1.54) is 41.2 Å². The molecule has 0 spiro atoms. The number of rotatable bonds is 4. The van der Waals surface area contributed by atoms with E-state index in [0.29, 0.717) is 4.83 Å². The van der Waals surface area contributed by atoms with Gasteiger partial charge in [0.1, 0.15) is 0 Å². The number of unbranched alkanes of at least 4 members (excludes halogenated alkanes) is 1. The van der Waals surface area contributed by atoms with Gasteiger partial charge in [-0.2, -0.15) is 0 Å². The molecule has 2 aromatic rings. The summed E-state index contributed by atoms with van der Waals surface area (Å²) in [6.45, 7) is 4.46. The highest BCUT2D eigenvalue weighted by atomic mass is 79.9. The molecule has 0 saturated carbocycles. The molecule has 0 amide bonds. The van der Waals surface area contributed by atoms with Crippen LogP contribution < -0.4 is 0 Å². The summed E-state index contributed by atoms with van der Waals surface area (Å²) < 4.78 is 0. The average Bonchev–Trinajstić information content (AvgIpc) is 2.35. The van der Waals surface area contributed by atoms with Gasteiger partial charge >= 0.3 is 0 Å². The fourth-order valence-electron chi connectivity index (χ4n) is 2.35. The summed E-state index contributed by atoms with van der Waals surface area (Å²) in [6.07, 6.45) is 3.75. The maximum absolute atomic E-state index is 3.86. The Bertz CT molecular complexity index is 502. The molecule has 0 aliphatic rings. The molecule has 0 aliphatic heterocycles. The Morgan fingerprint density at radius 2 is 1.88 bits per heavy atom. The molecule has 17 heavy (non-hydrogen) atoms. The summed E-state index contributed by atoms with van der Waals surface area (Å²) in [4.78, 5) is 0.480. The van der Waals surface area contributed by atoms with Crippen molar-refractivity contribution in [1.29, 1.82) is 0 Å². The summed E-state index contributed by atoms with van der Waals surface area (Å²) in [5.74, 6) is 0. The van der Waals surface area contributed by atoms with Crippen molar-refractivity contribution in [2.45, 2.75) is 37.9 Å². The van der Waals surface area contributed by atoms with Gasteiger partial charge < -0.3 is 0 Å². The van der Waals surface area contributed by atoms with Crippen molar-refractivity contribution >= 4 is 26.7 Å². The van der Waals surface area contributed by atoms with Crippen LogP contribution in [0, 0.1) is 6.92 Å². The Labute approximate surface area is 112 Å². The zero-order valence-electron chi connectivity index (χ0n) is 10.5. The van der Waals surface area contributed by atoms with E-state index in [9.17, 15) is 0 Å². The van der Waals surface area contributed by atoms with E-state index in [1.807, 2.05) is 0 Å². The third kappa shape index (κ3) is 2.71. The quantitative estimate of drug-likeness (QED) is 0.627. The van der Waals surface area contributed by atoms with Crippen LogP contribution in [0.1, 0.15) is 42.1 Å². The van der Waals surface area contributed by atoms with E-state index >= 15 is 0 Å². The van der Waals surface area contributed by atoms with Crippen molar-refractivity contribution in [2.75, 3.05) is 0 Å². The molecule has 0 nitrogen and oxygen atoms in total. The van der Waals surface area contributed by atoms with Crippen LogP contribution in [-0.4, -0.2) is 0 Å². The summed E-state index contributed by atoms with van der Waals surface area (Å²) in [7, 11) is 0. The smallest absolute Gasteiger partial charge is 0.0404 e. The van der Waals surface area contributed by atoms with E-state index in [1.54, 1.807) is 0 Å². The van der Waals surface area contributed by atoms with Crippen molar-refractivity contribution < 1.29 is 0 Å². The maximum atomic E-state index is 3.86. The summed E-state index contributed by atoms with van der Waals surface area (Å²) in [5, 5.41) is 2.74. The molecule has 0 N–H and O–H groups in total. The van der Waals surface area contributed by atoms with Crippen molar-refractivity contribution in [1.82, 2.24) is 0 Å². The minimum Gasteiger partial charge on any atom is -0.0838 e. The topological polar surface area (TPSA) is 0 Å². The molecule has 1 unspecified atom stereocenters. The van der Waals surface area contributed by atoms with E-state index in [4.69, 9.17) is 0 Å². The number of fused-ring (bicyclic) bond motifs is 1. The molecular formula is C16H19Br. The number of alkyl halides is 1. The lowest BCUT2D eigenvalue weighted by molar-refractivity contribution is 0.713. The van der Waals surface area contributed by atoms with Crippen molar-refractivity contribution in [2.24, 2.45) is 0 Å². The fraction of sp³-hybridized carbons (Fsp3) is 0.375. The zero-order valence-corrected chi connectivity index (χ0v) is 12.1. The molecule has 0 saturated heterocycles. The third-order valence-electron chi connectivity index (χ3n) is 3.31. The largest absolute Gasteiger partial charge is 0.0838 e. The highest BCUT2D eigenvalue weighted by Gasteiger charge is 2.13. The molecule has 0 heterocycles. The lowest BCUT2D eigenvalue weighted by Crippen LogP contribution is -1.95. The number of aryl methyl sites for hydroxylation is 1. The second kappa shape index (κ2) is 5.68. The van der Waals surface area contributed by atoms with Gasteiger partial charge in [0.2, 0.25) is 0 Å². The Hall–Kier alpha value is -0.820. The van der Waals surface area contributed by atoms with E-state index in [2.05, 4.69) is 66.2 Å². The van der Waals surface area contributed by atoms with Crippen LogP contribution in [0.5, 0.6) is 0 Å². The second-order valence-corrected chi connectivity index (χ2v) is 5.73. The van der Waals surface area contributed by atoms with Gasteiger partial charge in [0, 0.05) is 4.83 Å². The molecule has 0 radical (unpaired) electrons. The molecule has 90 valence electrons. The van der Waals surface area contributed by atoms with Gasteiger partial charge in [-0.25, -0.2) is 0 Å². The number of benzene rings is 2. The first-order valence-corrected chi connectivity index (χ1v) is 7.28. The first-order chi connectivity index (χ1) is 8.24. The summed E-state index contributed by atoms with van der Waals surface area (Å²) in [5.41, 5.74) is 2.86. The summed E-state index contributed by atoms with van der Waals surface area (Å²) >= 11 is 3.86. The first-order valence-electron chi connectivity index (χ1n) is 6.36. The Morgan fingerprint density at radius 3 is 2.65 bits per heavy atom. The van der Waals surface area contributed by atoms with Gasteiger partial charge in [-0.05, 0) is 35.2 Å². The first kappa shape index (κ1) is 12.6. The highest BCUT2D eigenvalue weighted by molar-refractivity contribution is 9.09. The molecule has 0 bridgehead atoms. The van der Waals surface area contributed by atoms with Crippen LogP contribution in [0.4, 0.5) is 0 Å². The standard InChI is InChI=1S/C16H19Br/c1-3-4-9-15(17)16-12(2)10-11-13-7-5-6-8-14(13)16/h5-8,10-11,15H,3-4,9H2,1-2H3. The predicted molar refractivity (Wildman–Crippen MR) is 79.9 cm³/mol. The van der Waals surface area contributed by atoms with Gasteiger partial charge in [0.25, 0.3) is 0 Å². The third-order valence-corrected chi connectivity index (χ3v) is 4.23. The van der Waals surface area contributed by atoms with Crippen LogP contribution in [0.15, 0.2) is 36.4 Å². The molecule has 1 atom stereocenters. The van der Waals surface area contributed by atoms with Crippen LogP contribution in [-0.2, 0) is 0 Å². The molecular weight excluding hydrogens is 272 g/mol. The van der Waals surface area contributed by atoms with Crippen molar-refractivity contribution in [3.8, 4) is 0 Å². The van der Waals surface area contributed by atoms with E-state index in [-0.39, 0.29) is 0 Å². The lowest BCUT2D eigenvalue weighted by atomic mass is 9.95. The minimum absolute atomic E-state index is 0.480. The Balaban J connectivity index is 2.47. The van der Waals surface area contributed by atoms with Crippen LogP contribution in [0.3, 0.4) is 0 Å². The van der Waals surface area contributed by atoms with Gasteiger partial charge in [0.15, 0.2) is 0 Å². The minimum atomic E-state index is 0.480. The van der Waals surface area contributed by atoms with Crippen LogP contribution >= 0.6 is 15.9 Å². The highest BCUT2D eigenvalue weighted by Crippen LogP contribution is 2.35. The van der Waals surface area contributed by atoms with E-state index < -0.39 is 0 Å². The predicted octanol–water partition coefficient (Wildman–Crippen LogP) is 5.77. The Morgan fingerprint density at radius 1 is 1.12 bits per heavy atom. The molecule has 1 heteroatoms. The fourth-order valence-corrected chi connectivity index (χ4v) is 3.28. The number of hydrogen-bond donors (Lipinski definition) is 0. The SMILES string of the molecule is CCCCC(Br)c1c(C)ccc2ccccc12. The monoisotopic (exact) mass is 290 g/mol. The number of hydrogen-bond acceptors (Lipinski definition) is 0. The lowest BCUT2D eigenvalue weighted by Gasteiger charge is -2.16. The van der Waals surface area contributed by atoms with Gasteiger partial charge in [0.05, 0.1) is 0 Å². The van der Waals surface area contributed by atoms with Crippen molar-refractivity contribution in [3.05, 3.63) is 47.5 Å². The molecule has 0 aliphatic carbocycles. The average molecular weight is 291 g/mol. The number of halogens is 1.